The molecule has 0 aromatic heterocycles. The molecule has 0 spiro atoms. The van der Waals surface area contributed by atoms with Gasteiger partial charge in [-0.1, -0.05) is 30.0 Å². The highest BCUT2D eigenvalue weighted by Gasteiger charge is 2.33. The molecule has 7 nitrogen and oxygen atoms in total. The number of nitrogens with zero attached hydrogens (tertiary/aromatic N) is 3. The Labute approximate surface area is 190 Å². The van der Waals surface area contributed by atoms with E-state index in [1.165, 1.54) is 17.3 Å². The van der Waals surface area contributed by atoms with Gasteiger partial charge in [-0.3, -0.25) is 14.4 Å². The topological polar surface area (TPSA) is 82.1 Å². The van der Waals surface area contributed by atoms with Crippen molar-refractivity contribution in [2.75, 3.05) is 29.9 Å². The number of thioether (sulfide) groups is 1. The van der Waals surface area contributed by atoms with Crippen LogP contribution in [0.25, 0.3) is 0 Å². The van der Waals surface area contributed by atoms with E-state index in [1.807, 2.05) is 24.3 Å². The first-order valence-corrected chi connectivity index (χ1v) is 11.8. The molecule has 0 bridgehead atoms. The minimum Gasteiger partial charge on any atom is -0.351 e. The molecule has 3 aliphatic heterocycles. The van der Waals surface area contributed by atoms with E-state index in [2.05, 4.69) is 15.2 Å². The SMILES string of the molecule is O=C(CC1SC(N2CCCC2)=NC1=O)Nc1ccc(C(=O)N2CCc3ccccc32)cc1. The Balaban J connectivity index is 1.17. The van der Waals surface area contributed by atoms with E-state index in [-0.39, 0.29) is 24.1 Å². The van der Waals surface area contributed by atoms with Crippen molar-refractivity contribution in [2.24, 2.45) is 4.99 Å². The van der Waals surface area contributed by atoms with E-state index in [4.69, 9.17) is 0 Å². The van der Waals surface area contributed by atoms with Crippen LogP contribution in [0, 0.1) is 0 Å². The van der Waals surface area contributed by atoms with Crippen LogP contribution < -0.4 is 10.2 Å². The quantitative estimate of drug-likeness (QED) is 0.776. The zero-order chi connectivity index (χ0) is 22.1. The molecule has 0 radical (unpaired) electrons. The van der Waals surface area contributed by atoms with Crippen LogP contribution in [0.5, 0.6) is 0 Å². The van der Waals surface area contributed by atoms with Crippen molar-refractivity contribution in [1.29, 1.82) is 0 Å². The van der Waals surface area contributed by atoms with Crippen LogP contribution in [0.3, 0.4) is 0 Å². The minimum absolute atomic E-state index is 0.0487. The van der Waals surface area contributed by atoms with Gasteiger partial charge in [-0.25, -0.2) is 0 Å². The fourth-order valence-electron chi connectivity index (χ4n) is 4.33. The maximum absolute atomic E-state index is 12.9. The van der Waals surface area contributed by atoms with Crippen LogP contribution in [0.1, 0.15) is 35.2 Å². The predicted octanol–water partition coefficient (Wildman–Crippen LogP) is 3.31. The van der Waals surface area contributed by atoms with Gasteiger partial charge in [0.15, 0.2) is 5.17 Å². The fourth-order valence-corrected chi connectivity index (χ4v) is 5.45. The summed E-state index contributed by atoms with van der Waals surface area (Å²) in [6, 6.07) is 14.8. The number of amides is 3. The summed E-state index contributed by atoms with van der Waals surface area (Å²) in [4.78, 5) is 45.7. The van der Waals surface area contributed by atoms with Crippen molar-refractivity contribution in [3.8, 4) is 0 Å². The molecule has 32 heavy (non-hydrogen) atoms. The molecule has 1 fully saturated rings. The number of hydrogen-bond donors (Lipinski definition) is 1. The molecule has 0 saturated carbocycles. The number of carbonyl (C=O) groups excluding carboxylic acids is 3. The molecular weight excluding hydrogens is 424 g/mol. The average molecular weight is 449 g/mol. The second kappa shape index (κ2) is 8.78. The maximum atomic E-state index is 12.9. The number of hydrogen-bond acceptors (Lipinski definition) is 5. The van der Waals surface area contributed by atoms with E-state index >= 15 is 0 Å². The third-order valence-electron chi connectivity index (χ3n) is 6.02. The van der Waals surface area contributed by atoms with Crippen molar-refractivity contribution in [3.63, 3.8) is 0 Å². The second-order valence-electron chi connectivity index (χ2n) is 8.20. The zero-order valence-electron chi connectivity index (χ0n) is 17.6. The van der Waals surface area contributed by atoms with E-state index in [1.54, 1.807) is 29.2 Å². The van der Waals surface area contributed by atoms with E-state index < -0.39 is 5.25 Å². The van der Waals surface area contributed by atoms with Crippen LogP contribution in [-0.2, 0) is 16.0 Å². The fraction of sp³-hybridized carbons (Fsp3) is 0.333. The lowest BCUT2D eigenvalue weighted by atomic mass is 10.1. The highest BCUT2D eigenvalue weighted by molar-refractivity contribution is 8.15. The number of rotatable bonds is 4. The number of anilines is 2. The van der Waals surface area contributed by atoms with Gasteiger partial charge in [0, 0.05) is 43.0 Å². The summed E-state index contributed by atoms with van der Waals surface area (Å²) in [5.74, 6) is -0.521. The van der Waals surface area contributed by atoms with E-state index in [0.717, 1.165) is 43.2 Å². The van der Waals surface area contributed by atoms with Crippen LogP contribution in [0.4, 0.5) is 11.4 Å². The van der Waals surface area contributed by atoms with Crippen molar-refractivity contribution in [3.05, 3.63) is 59.7 Å². The summed E-state index contributed by atoms with van der Waals surface area (Å²) in [5, 5.41) is 3.11. The second-order valence-corrected chi connectivity index (χ2v) is 9.37. The molecule has 1 saturated heterocycles. The number of amidine groups is 1. The Morgan fingerprint density at radius 2 is 1.78 bits per heavy atom. The lowest BCUT2D eigenvalue weighted by Gasteiger charge is -2.17. The molecule has 5 rings (SSSR count). The van der Waals surface area contributed by atoms with E-state index in [0.29, 0.717) is 17.8 Å². The molecule has 2 aromatic carbocycles. The summed E-state index contributed by atoms with van der Waals surface area (Å²) < 4.78 is 0. The van der Waals surface area contributed by atoms with Gasteiger partial charge in [0.05, 0.1) is 0 Å². The normalized spacial score (nSPS) is 19.8. The van der Waals surface area contributed by atoms with Gasteiger partial charge < -0.3 is 15.1 Å². The van der Waals surface area contributed by atoms with Crippen molar-refractivity contribution in [1.82, 2.24) is 4.90 Å². The number of nitrogens with one attached hydrogen (secondary N) is 1. The summed E-state index contributed by atoms with van der Waals surface area (Å²) in [5.41, 5.74) is 3.32. The summed E-state index contributed by atoms with van der Waals surface area (Å²) in [6.07, 6.45) is 3.16. The van der Waals surface area contributed by atoms with Gasteiger partial charge in [0.2, 0.25) is 5.91 Å². The standard InChI is InChI=1S/C24H24N4O3S/c29-21(15-20-22(30)26-24(32-20)27-12-3-4-13-27)25-18-9-7-17(8-10-18)23(31)28-14-11-16-5-1-2-6-19(16)28/h1-2,5-10,20H,3-4,11-15H2,(H,25,29). The molecule has 3 heterocycles. The highest BCUT2D eigenvalue weighted by atomic mass is 32.2. The van der Waals surface area contributed by atoms with Gasteiger partial charge in [-0.2, -0.15) is 4.99 Å². The smallest absolute Gasteiger partial charge is 0.262 e. The highest BCUT2D eigenvalue weighted by Crippen LogP contribution is 2.30. The lowest BCUT2D eigenvalue weighted by Crippen LogP contribution is -2.28. The lowest BCUT2D eigenvalue weighted by molar-refractivity contribution is -0.121. The third-order valence-corrected chi connectivity index (χ3v) is 7.24. The van der Waals surface area contributed by atoms with Crippen molar-refractivity contribution < 1.29 is 14.4 Å². The zero-order valence-corrected chi connectivity index (χ0v) is 18.4. The van der Waals surface area contributed by atoms with Crippen LogP contribution in [-0.4, -0.2) is 52.7 Å². The van der Waals surface area contributed by atoms with Crippen LogP contribution in [0.15, 0.2) is 53.5 Å². The largest absolute Gasteiger partial charge is 0.351 e. The molecule has 0 aliphatic carbocycles. The molecule has 2 aromatic rings. The molecule has 8 heteroatoms. The molecular formula is C24H24N4O3S. The summed E-state index contributed by atoms with van der Waals surface area (Å²) in [7, 11) is 0. The Hall–Kier alpha value is -3.13. The number of benzene rings is 2. The van der Waals surface area contributed by atoms with Gasteiger partial charge >= 0.3 is 0 Å². The molecule has 3 aliphatic rings. The summed E-state index contributed by atoms with van der Waals surface area (Å²) >= 11 is 1.39. The maximum Gasteiger partial charge on any atom is 0.262 e. The number of aliphatic imine (C=N–C) groups is 1. The third kappa shape index (κ3) is 4.14. The van der Waals surface area contributed by atoms with Gasteiger partial charge in [0.1, 0.15) is 5.25 Å². The molecule has 164 valence electrons. The van der Waals surface area contributed by atoms with E-state index in [9.17, 15) is 14.4 Å². The van der Waals surface area contributed by atoms with Crippen LogP contribution >= 0.6 is 11.8 Å². The number of fused-ring (bicyclic) bond motifs is 1. The summed E-state index contributed by atoms with van der Waals surface area (Å²) in [6.45, 7) is 2.52. The Kier molecular flexibility index (Phi) is 5.70. The number of para-hydroxylation sites is 1. The Morgan fingerprint density at radius 1 is 1.03 bits per heavy atom. The minimum atomic E-state index is -0.471. The Morgan fingerprint density at radius 3 is 2.56 bits per heavy atom. The molecule has 1 atom stereocenters. The molecule has 3 amide bonds. The van der Waals surface area contributed by atoms with Gasteiger partial charge in [-0.05, 0) is 55.2 Å². The molecule has 1 unspecified atom stereocenters. The first-order valence-electron chi connectivity index (χ1n) is 10.9. The Bertz CT molecular complexity index is 1090. The van der Waals surface area contributed by atoms with Crippen molar-refractivity contribution >= 4 is 46.0 Å². The first kappa shape index (κ1) is 20.8. The van der Waals surface area contributed by atoms with Crippen LogP contribution in [0.2, 0.25) is 0 Å². The average Bonchev–Trinajstić information content (AvgIpc) is 3.54. The molecule has 1 N–H and O–H groups in total. The van der Waals surface area contributed by atoms with Crippen molar-refractivity contribution in [2.45, 2.75) is 30.9 Å². The number of likely N-dealkylation sites (tertiary alicyclic amines) is 1. The predicted molar refractivity (Wildman–Crippen MR) is 126 cm³/mol. The monoisotopic (exact) mass is 448 g/mol. The van der Waals surface area contributed by atoms with Gasteiger partial charge in [-0.15, -0.1) is 0 Å². The number of carbonyl (C=O) groups is 3. The first-order chi connectivity index (χ1) is 15.6. The van der Waals surface area contributed by atoms with Gasteiger partial charge in [0.25, 0.3) is 11.8 Å².